The van der Waals surface area contributed by atoms with E-state index >= 15 is 0 Å². The number of nitrogens with one attached hydrogen (secondary N) is 1. The zero-order valence-electron chi connectivity index (χ0n) is 17.9. The van der Waals surface area contributed by atoms with E-state index in [1.54, 1.807) is 11.8 Å². The molecule has 1 aromatic rings. The molecule has 4 nitrogen and oxygen atoms in total. The molecule has 1 spiro atoms. The highest BCUT2D eigenvalue weighted by molar-refractivity contribution is 8.02. The molecule has 1 saturated heterocycles. The van der Waals surface area contributed by atoms with Crippen molar-refractivity contribution in [3.05, 3.63) is 41.6 Å². The number of thioether (sulfide) groups is 1. The summed E-state index contributed by atoms with van der Waals surface area (Å²) in [5.41, 5.74) is 2.76. The smallest absolute Gasteiger partial charge is 0.243 e. The molecule has 30 heavy (non-hydrogen) atoms. The predicted molar refractivity (Wildman–Crippen MR) is 124 cm³/mol. The molecule has 1 unspecified atom stereocenters. The van der Waals surface area contributed by atoms with Gasteiger partial charge >= 0.3 is 0 Å². The molecule has 1 saturated carbocycles. The lowest BCUT2D eigenvalue weighted by Crippen LogP contribution is -2.35. The van der Waals surface area contributed by atoms with Crippen LogP contribution in [0.2, 0.25) is 0 Å². The number of carbonyl (C=O) groups is 1. The summed E-state index contributed by atoms with van der Waals surface area (Å²) < 4.78 is -0.185. The number of carbonyl (C=O) groups excluding carboxylic acids is 1. The summed E-state index contributed by atoms with van der Waals surface area (Å²) in [5, 5.41) is 13.2. The van der Waals surface area contributed by atoms with E-state index in [1.165, 1.54) is 32.1 Å². The zero-order chi connectivity index (χ0) is 20.8. The van der Waals surface area contributed by atoms with E-state index in [0.29, 0.717) is 0 Å². The molecule has 1 amide bonds. The molecule has 1 atom stereocenters. The Morgan fingerprint density at radius 3 is 2.20 bits per heavy atom. The quantitative estimate of drug-likeness (QED) is 0.660. The van der Waals surface area contributed by atoms with Crippen LogP contribution in [0.1, 0.15) is 70.6 Å². The van der Waals surface area contributed by atoms with Gasteiger partial charge in [-0.15, -0.1) is 11.8 Å². The van der Waals surface area contributed by atoms with E-state index in [9.17, 15) is 10.1 Å². The van der Waals surface area contributed by atoms with Crippen LogP contribution < -0.4 is 5.32 Å². The minimum Gasteiger partial charge on any atom is -0.373 e. The summed E-state index contributed by atoms with van der Waals surface area (Å²) in [6, 6.07) is 12.3. The van der Waals surface area contributed by atoms with Gasteiger partial charge in [0.05, 0.1) is 22.1 Å². The lowest BCUT2D eigenvalue weighted by molar-refractivity contribution is -0.115. The molecule has 0 aromatic heterocycles. The summed E-state index contributed by atoms with van der Waals surface area (Å²) in [7, 11) is 0. The molecule has 2 heterocycles. The average molecular weight is 424 g/mol. The molecule has 2 aliphatic heterocycles. The Balaban J connectivity index is 1.69. The molecule has 1 aromatic carbocycles. The maximum absolute atomic E-state index is 13.5. The van der Waals surface area contributed by atoms with Crippen LogP contribution in [0.4, 0.5) is 5.69 Å². The van der Waals surface area contributed by atoms with Crippen molar-refractivity contribution in [1.29, 1.82) is 5.26 Å². The molecule has 160 valence electrons. The second kappa shape index (κ2) is 9.92. The second-order valence-electron chi connectivity index (χ2n) is 8.89. The van der Waals surface area contributed by atoms with Crippen molar-refractivity contribution in [1.82, 2.24) is 4.90 Å². The van der Waals surface area contributed by atoms with Gasteiger partial charge in [0.1, 0.15) is 5.25 Å². The maximum Gasteiger partial charge on any atom is 0.243 e. The Morgan fingerprint density at radius 2 is 1.57 bits per heavy atom. The highest BCUT2D eigenvalue weighted by Gasteiger charge is 2.50. The first kappa shape index (κ1) is 21.3. The summed E-state index contributed by atoms with van der Waals surface area (Å²) in [4.78, 5) is 15.9. The van der Waals surface area contributed by atoms with Gasteiger partial charge in [-0.2, -0.15) is 5.26 Å². The van der Waals surface area contributed by atoms with Gasteiger partial charge in [0.25, 0.3) is 0 Å². The average Bonchev–Trinajstić information content (AvgIpc) is 2.87. The normalized spacial score (nSPS) is 24.6. The Labute approximate surface area is 185 Å². The minimum absolute atomic E-state index is 0.0251. The fourth-order valence-corrected chi connectivity index (χ4v) is 7.04. The third-order valence-corrected chi connectivity index (χ3v) is 8.54. The van der Waals surface area contributed by atoms with Crippen molar-refractivity contribution < 1.29 is 4.79 Å². The Hall–Kier alpha value is -1.93. The lowest BCUT2D eigenvalue weighted by Gasteiger charge is -2.31. The second-order valence-corrected chi connectivity index (χ2v) is 10.4. The first-order chi connectivity index (χ1) is 14.7. The monoisotopic (exact) mass is 423 g/mol. The van der Waals surface area contributed by atoms with Crippen LogP contribution >= 0.6 is 11.8 Å². The van der Waals surface area contributed by atoms with Gasteiger partial charge < -0.3 is 10.2 Å². The van der Waals surface area contributed by atoms with Crippen molar-refractivity contribution >= 4 is 23.4 Å². The van der Waals surface area contributed by atoms with Crippen LogP contribution in [0.3, 0.4) is 0 Å². The Bertz CT molecular complexity index is 797. The standard InChI is InChI=1S/C25H33N3OS/c26-19-21-22(28-17-11-4-5-12-18-28)23(24(29)27-20-13-7-6-8-14-20)30-25(21)15-9-2-1-3-10-16-25/h6-8,13-14,23H,1-5,9-12,15-18H2,(H,27,29). The minimum atomic E-state index is -0.294. The lowest BCUT2D eigenvalue weighted by atomic mass is 9.84. The van der Waals surface area contributed by atoms with E-state index in [4.69, 9.17) is 0 Å². The highest BCUT2D eigenvalue weighted by Crippen LogP contribution is 2.54. The maximum atomic E-state index is 13.5. The largest absolute Gasteiger partial charge is 0.373 e. The molecule has 5 heteroatoms. The van der Waals surface area contributed by atoms with Crippen LogP contribution in [-0.4, -0.2) is 33.9 Å². The number of hydrogen-bond acceptors (Lipinski definition) is 4. The van der Waals surface area contributed by atoms with Crippen molar-refractivity contribution in [3.8, 4) is 6.07 Å². The van der Waals surface area contributed by atoms with E-state index in [0.717, 1.165) is 68.6 Å². The van der Waals surface area contributed by atoms with E-state index in [1.807, 2.05) is 30.3 Å². The number of anilines is 1. The van der Waals surface area contributed by atoms with Gasteiger partial charge in [0.2, 0.25) is 5.91 Å². The number of amides is 1. The van der Waals surface area contributed by atoms with E-state index in [2.05, 4.69) is 16.3 Å². The molecule has 0 bridgehead atoms. The number of nitriles is 1. The van der Waals surface area contributed by atoms with Crippen LogP contribution in [-0.2, 0) is 4.79 Å². The van der Waals surface area contributed by atoms with Crippen molar-refractivity contribution in [2.75, 3.05) is 18.4 Å². The van der Waals surface area contributed by atoms with Crippen LogP contribution in [0.5, 0.6) is 0 Å². The highest BCUT2D eigenvalue weighted by atomic mass is 32.2. The van der Waals surface area contributed by atoms with Gasteiger partial charge in [-0.25, -0.2) is 0 Å². The zero-order valence-corrected chi connectivity index (χ0v) is 18.7. The molecular formula is C25H33N3OS. The molecule has 4 rings (SSSR count). The fourth-order valence-electron chi connectivity index (χ4n) is 5.25. The van der Waals surface area contributed by atoms with E-state index < -0.39 is 0 Å². The number of likely N-dealkylation sites (tertiary alicyclic amines) is 1. The van der Waals surface area contributed by atoms with Gasteiger partial charge in [0, 0.05) is 18.8 Å². The molecule has 1 aliphatic carbocycles. The molecule has 0 radical (unpaired) electrons. The van der Waals surface area contributed by atoms with Gasteiger partial charge in [-0.3, -0.25) is 4.79 Å². The molecular weight excluding hydrogens is 390 g/mol. The van der Waals surface area contributed by atoms with Crippen LogP contribution in [0.25, 0.3) is 0 Å². The van der Waals surface area contributed by atoms with Crippen molar-refractivity contribution in [2.45, 2.75) is 80.6 Å². The van der Waals surface area contributed by atoms with Crippen molar-refractivity contribution in [3.63, 3.8) is 0 Å². The fraction of sp³-hybridized carbons (Fsp3) is 0.600. The van der Waals surface area contributed by atoms with Gasteiger partial charge in [-0.1, -0.05) is 63.1 Å². The molecule has 1 N–H and O–H groups in total. The van der Waals surface area contributed by atoms with Crippen LogP contribution in [0.15, 0.2) is 41.6 Å². The summed E-state index contributed by atoms with van der Waals surface area (Å²) in [6.07, 6.45) is 12.9. The number of nitrogens with zero attached hydrogens (tertiary/aromatic N) is 2. The third-order valence-electron chi connectivity index (χ3n) is 6.80. The SMILES string of the molecule is N#CC1=C(N2CCCCCC2)C(C(=O)Nc2ccccc2)SC12CCCCCCC2. The predicted octanol–water partition coefficient (Wildman–Crippen LogP) is 5.88. The summed E-state index contributed by atoms with van der Waals surface area (Å²) in [6.45, 7) is 1.93. The summed E-state index contributed by atoms with van der Waals surface area (Å²) in [5.74, 6) is 0.0251. The summed E-state index contributed by atoms with van der Waals surface area (Å²) >= 11 is 1.77. The van der Waals surface area contributed by atoms with Gasteiger partial charge in [-0.05, 0) is 37.8 Å². The number of benzene rings is 1. The van der Waals surface area contributed by atoms with Crippen molar-refractivity contribution in [2.24, 2.45) is 0 Å². The first-order valence-electron chi connectivity index (χ1n) is 11.7. The first-order valence-corrected chi connectivity index (χ1v) is 12.5. The topological polar surface area (TPSA) is 56.1 Å². The molecule has 3 aliphatic rings. The van der Waals surface area contributed by atoms with E-state index in [-0.39, 0.29) is 15.9 Å². The molecule has 2 fully saturated rings. The number of rotatable bonds is 3. The number of para-hydroxylation sites is 1. The number of hydrogen-bond donors (Lipinski definition) is 1. The van der Waals surface area contributed by atoms with Crippen LogP contribution in [0, 0.1) is 11.3 Å². The Morgan fingerprint density at radius 1 is 0.967 bits per heavy atom. The Kier molecular flexibility index (Phi) is 7.04. The third kappa shape index (κ3) is 4.54. The van der Waals surface area contributed by atoms with Gasteiger partial charge in [0.15, 0.2) is 0 Å².